The molecule has 2 rings (SSSR count). The summed E-state index contributed by atoms with van der Waals surface area (Å²) in [5, 5.41) is 19.7. The van der Waals surface area contributed by atoms with E-state index in [1.54, 1.807) is 6.07 Å². The predicted molar refractivity (Wildman–Crippen MR) is 52.9 cm³/mol. The second kappa shape index (κ2) is 3.51. The zero-order valence-corrected chi connectivity index (χ0v) is 7.68. The van der Waals surface area contributed by atoms with E-state index >= 15 is 0 Å². The van der Waals surface area contributed by atoms with Gasteiger partial charge in [-0.25, -0.2) is 0 Å². The van der Waals surface area contributed by atoms with Crippen molar-refractivity contribution in [3.8, 4) is 6.07 Å². The Bertz CT molecular complexity index is 393. The van der Waals surface area contributed by atoms with Gasteiger partial charge in [-0.3, -0.25) is 0 Å². The molecule has 0 aliphatic heterocycles. The van der Waals surface area contributed by atoms with Gasteiger partial charge in [-0.15, -0.1) is 0 Å². The Hall–Kier alpha value is -1.82. The van der Waals surface area contributed by atoms with E-state index in [9.17, 15) is 5.21 Å². The molecule has 3 nitrogen and oxygen atoms in total. The van der Waals surface area contributed by atoms with E-state index in [-0.39, 0.29) is 6.04 Å². The van der Waals surface area contributed by atoms with Crippen LogP contribution in [0.4, 0.5) is 0 Å². The molecule has 14 heavy (non-hydrogen) atoms. The van der Waals surface area contributed by atoms with E-state index in [1.165, 1.54) is 11.1 Å². The lowest BCUT2D eigenvalue weighted by molar-refractivity contribution is -0.493. The summed E-state index contributed by atoms with van der Waals surface area (Å²) in [6.07, 6.45) is 2.53. The normalized spacial score (nSPS) is 16.4. The van der Waals surface area contributed by atoms with Gasteiger partial charge in [0.25, 0.3) is 6.21 Å². The van der Waals surface area contributed by atoms with Crippen LogP contribution in [0.25, 0.3) is 0 Å². The Morgan fingerprint density at radius 2 is 1.93 bits per heavy atom. The molecule has 0 spiro atoms. The van der Waals surface area contributed by atoms with Crippen LogP contribution in [0.15, 0.2) is 24.3 Å². The van der Waals surface area contributed by atoms with E-state index < -0.39 is 0 Å². The molecule has 0 fully saturated rings. The summed E-state index contributed by atoms with van der Waals surface area (Å²) in [5.41, 5.74) is 2.45. The monoisotopic (exact) mass is 186 g/mol. The summed E-state index contributed by atoms with van der Waals surface area (Å²) < 4.78 is 0.764. The van der Waals surface area contributed by atoms with E-state index in [4.69, 9.17) is 5.26 Å². The molecule has 0 amide bonds. The van der Waals surface area contributed by atoms with Crippen LogP contribution in [0, 0.1) is 16.5 Å². The molecule has 1 aromatic carbocycles. The highest BCUT2D eigenvalue weighted by Crippen LogP contribution is 2.22. The molecule has 0 saturated carbocycles. The maximum atomic E-state index is 11.4. The van der Waals surface area contributed by atoms with Gasteiger partial charge < -0.3 is 5.21 Å². The molecule has 0 radical (unpaired) electrons. The Morgan fingerprint density at radius 1 is 1.36 bits per heavy atom. The maximum Gasteiger partial charge on any atom is 0.252 e. The summed E-state index contributed by atoms with van der Waals surface area (Å²) in [4.78, 5) is 0. The minimum Gasteiger partial charge on any atom is -0.623 e. The Morgan fingerprint density at radius 3 is 2.43 bits per heavy atom. The minimum atomic E-state index is -0.0907. The molecule has 1 aromatic rings. The SMILES string of the molecule is N#C/C=[N+](\[O-])C1Cc2ccccc2C1. The molecule has 0 N–H and O–H groups in total. The molecule has 0 bridgehead atoms. The van der Waals surface area contributed by atoms with Crippen molar-refractivity contribution < 1.29 is 4.74 Å². The van der Waals surface area contributed by atoms with Gasteiger partial charge in [-0.05, 0) is 11.1 Å². The fourth-order valence-corrected chi connectivity index (χ4v) is 1.88. The molecule has 3 heteroatoms. The van der Waals surface area contributed by atoms with Crippen molar-refractivity contribution in [2.45, 2.75) is 18.9 Å². The Kier molecular flexibility index (Phi) is 2.19. The standard InChI is InChI=1S/C11H10N2O/c12-5-6-13(14)11-7-9-3-1-2-4-10(9)8-11/h1-4,6,11H,7-8H2/b13-6-. The van der Waals surface area contributed by atoms with Gasteiger partial charge in [0.1, 0.15) is 0 Å². The lowest BCUT2D eigenvalue weighted by atomic mass is 10.1. The quantitative estimate of drug-likeness (QED) is 0.287. The molecule has 0 aromatic heterocycles. The number of hydrogen-bond acceptors (Lipinski definition) is 2. The van der Waals surface area contributed by atoms with Gasteiger partial charge >= 0.3 is 0 Å². The van der Waals surface area contributed by atoms with Crippen molar-refractivity contribution in [3.05, 3.63) is 40.6 Å². The Labute approximate surface area is 82.5 Å². The number of hydroxylamine groups is 1. The van der Waals surface area contributed by atoms with E-state index in [0.29, 0.717) is 0 Å². The van der Waals surface area contributed by atoms with E-state index in [2.05, 4.69) is 0 Å². The fourth-order valence-electron chi connectivity index (χ4n) is 1.88. The first-order chi connectivity index (χ1) is 6.81. The van der Waals surface area contributed by atoms with Crippen LogP contribution < -0.4 is 0 Å². The lowest BCUT2D eigenvalue weighted by Crippen LogP contribution is -2.22. The van der Waals surface area contributed by atoms with Gasteiger partial charge in [0.2, 0.25) is 0 Å². The van der Waals surface area contributed by atoms with Crippen molar-refractivity contribution >= 4 is 6.21 Å². The molecular weight excluding hydrogens is 176 g/mol. The number of rotatable bonds is 1. The average molecular weight is 186 g/mol. The number of fused-ring (bicyclic) bond motifs is 1. The highest BCUT2D eigenvalue weighted by Gasteiger charge is 2.26. The third kappa shape index (κ3) is 1.47. The summed E-state index contributed by atoms with van der Waals surface area (Å²) in [6, 6.07) is 9.70. The highest BCUT2D eigenvalue weighted by atomic mass is 16.5. The van der Waals surface area contributed by atoms with Crippen LogP contribution in [0.5, 0.6) is 0 Å². The Balaban J connectivity index is 2.20. The highest BCUT2D eigenvalue weighted by molar-refractivity contribution is 5.70. The maximum absolute atomic E-state index is 11.4. The predicted octanol–water partition coefficient (Wildman–Crippen LogP) is 1.26. The topological polar surface area (TPSA) is 49.9 Å². The molecule has 0 saturated heterocycles. The van der Waals surface area contributed by atoms with Gasteiger partial charge in [0.15, 0.2) is 12.1 Å². The number of benzene rings is 1. The lowest BCUT2D eigenvalue weighted by Gasteiger charge is -2.08. The van der Waals surface area contributed by atoms with Gasteiger partial charge in [0, 0.05) is 12.8 Å². The van der Waals surface area contributed by atoms with Gasteiger partial charge in [-0.2, -0.15) is 10.0 Å². The largest absolute Gasteiger partial charge is 0.623 e. The molecule has 0 unspecified atom stereocenters. The van der Waals surface area contributed by atoms with Gasteiger partial charge in [-0.1, -0.05) is 24.3 Å². The van der Waals surface area contributed by atoms with Crippen molar-refractivity contribution in [1.82, 2.24) is 0 Å². The summed E-state index contributed by atoms with van der Waals surface area (Å²) >= 11 is 0. The molecule has 0 atom stereocenters. The van der Waals surface area contributed by atoms with E-state index in [1.807, 2.05) is 24.3 Å². The van der Waals surface area contributed by atoms with E-state index in [0.717, 1.165) is 23.8 Å². The smallest absolute Gasteiger partial charge is 0.252 e. The van der Waals surface area contributed by atoms with Crippen LogP contribution in [-0.2, 0) is 12.8 Å². The number of nitriles is 1. The number of nitrogens with zero attached hydrogens (tertiary/aromatic N) is 2. The first kappa shape index (κ1) is 8.76. The third-order valence-electron chi connectivity index (χ3n) is 2.57. The first-order valence-corrected chi connectivity index (χ1v) is 4.56. The van der Waals surface area contributed by atoms with Crippen molar-refractivity contribution in [1.29, 1.82) is 5.26 Å². The zero-order chi connectivity index (χ0) is 9.97. The van der Waals surface area contributed by atoms with Gasteiger partial charge in [0.05, 0.1) is 0 Å². The van der Waals surface area contributed by atoms with Crippen molar-refractivity contribution in [2.75, 3.05) is 0 Å². The summed E-state index contributed by atoms with van der Waals surface area (Å²) in [5.74, 6) is 0. The molecule has 1 aliphatic rings. The van der Waals surface area contributed by atoms with Crippen LogP contribution in [0.2, 0.25) is 0 Å². The molecular formula is C11H10N2O. The van der Waals surface area contributed by atoms with Crippen LogP contribution in [-0.4, -0.2) is 17.0 Å². The molecule has 70 valence electrons. The second-order valence-corrected chi connectivity index (χ2v) is 3.45. The zero-order valence-electron chi connectivity index (χ0n) is 7.68. The molecule has 0 heterocycles. The fraction of sp³-hybridized carbons (Fsp3) is 0.273. The van der Waals surface area contributed by atoms with Crippen molar-refractivity contribution in [2.24, 2.45) is 0 Å². The molecule has 1 aliphatic carbocycles. The first-order valence-electron chi connectivity index (χ1n) is 4.56. The second-order valence-electron chi connectivity index (χ2n) is 3.45. The summed E-state index contributed by atoms with van der Waals surface area (Å²) in [7, 11) is 0. The van der Waals surface area contributed by atoms with Crippen LogP contribution in [0.3, 0.4) is 0 Å². The average Bonchev–Trinajstić information content (AvgIpc) is 2.61. The van der Waals surface area contributed by atoms with Crippen LogP contribution in [0.1, 0.15) is 11.1 Å². The minimum absolute atomic E-state index is 0.0907. The summed E-state index contributed by atoms with van der Waals surface area (Å²) in [6.45, 7) is 0. The van der Waals surface area contributed by atoms with Crippen LogP contribution >= 0.6 is 0 Å². The third-order valence-corrected chi connectivity index (χ3v) is 2.57. The van der Waals surface area contributed by atoms with Crippen molar-refractivity contribution in [3.63, 3.8) is 0 Å². The number of hydrogen-bond donors (Lipinski definition) is 0.